The number of benzene rings is 4. The zero-order chi connectivity index (χ0) is 26.2. The Balaban J connectivity index is 1.30. The van der Waals surface area contributed by atoms with Crippen LogP contribution in [0.5, 0.6) is 23.0 Å². The van der Waals surface area contributed by atoms with E-state index in [4.69, 9.17) is 23.7 Å². The van der Waals surface area contributed by atoms with Gasteiger partial charge in [-0.05, 0) is 34.9 Å². The number of rotatable bonds is 7. The fourth-order valence-electron chi connectivity index (χ4n) is 5.62. The van der Waals surface area contributed by atoms with Gasteiger partial charge in [-0.15, -0.1) is 0 Å². The van der Waals surface area contributed by atoms with E-state index in [0.29, 0.717) is 54.7 Å². The maximum absolute atomic E-state index is 14.1. The van der Waals surface area contributed by atoms with Crippen LogP contribution in [0.25, 0.3) is 0 Å². The van der Waals surface area contributed by atoms with Crippen LogP contribution >= 0.6 is 0 Å². The Morgan fingerprint density at radius 1 is 0.718 bits per heavy atom. The smallest absolute Gasteiger partial charge is 0.255 e. The van der Waals surface area contributed by atoms with E-state index in [1.807, 2.05) is 89.8 Å². The molecule has 1 amide bonds. The van der Waals surface area contributed by atoms with Gasteiger partial charge in [-0.2, -0.15) is 0 Å². The highest BCUT2D eigenvalue weighted by Gasteiger charge is 2.39. The molecular formula is C32H27NO6. The lowest BCUT2D eigenvalue weighted by molar-refractivity contribution is 0.0616. The zero-order valence-electron chi connectivity index (χ0n) is 21.3. The lowest BCUT2D eigenvalue weighted by Crippen LogP contribution is -2.40. The third kappa shape index (κ3) is 4.34. The van der Waals surface area contributed by atoms with Crippen LogP contribution in [0.15, 0.2) is 84.9 Å². The van der Waals surface area contributed by atoms with Gasteiger partial charge < -0.3 is 28.6 Å². The molecule has 0 radical (unpaired) electrons. The number of amides is 1. The van der Waals surface area contributed by atoms with Crippen molar-refractivity contribution in [1.29, 1.82) is 0 Å². The average Bonchev–Trinajstić information content (AvgIpc) is 3.66. The first-order valence-corrected chi connectivity index (χ1v) is 13.1. The summed E-state index contributed by atoms with van der Waals surface area (Å²) in [7, 11) is 0. The van der Waals surface area contributed by atoms with Gasteiger partial charge in [0, 0.05) is 29.7 Å². The van der Waals surface area contributed by atoms with Gasteiger partial charge >= 0.3 is 0 Å². The lowest BCUT2D eigenvalue weighted by Gasteiger charge is -2.38. The maximum atomic E-state index is 14.1. The molecule has 7 nitrogen and oxygen atoms in total. The summed E-state index contributed by atoms with van der Waals surface area (Å²) < 4.78 is 29.3. The van der Waals surface area contributed by atoms with Crippen LogP contribution in [0, 0.1) is 0 Å². The van der Waals surface area contributed by atoms with Gasteiger partial charge in [-0.3, -0.25) is 4.79 Å². The monoisotopic (exact) mass is 521 g/mol. The number of hydrogen-bond donors (Lipinski definition) is 0. The molecular weight excluding hydrogens is 494 g/mol. The number of ether oxygens (including phenoxy) is 5. The minimum atomic E-state index is -0.272. The third-order valence-electron chi connectivity index (χ3n) is 7.50. The van der Waals surface area contributed by atoms with Crippen molar-refractivity contribution in [2.24, 2.45) is 0 Å². The summed E-state index contributed by atoms with van der Waals surface area (Å²) in [6, 6.07) is 27.5. The molecule has 7 rings (SSSR count). The van der Waals surface area contributed by atoms with Crippen LogP contribution in [0.1, 0.15) is 44.2 Å². The van der Waals surface area contributed by atoms with Gasteiger partial charge in [0.2, 0.25) is 13.6 Å². The summed E-state index contributed by atoms with van der Waals surface area (Å²) in [6.07, 6.45) is 0.575. The molecule has 0 fully saturated rings. The highest BCUT2D eigenvalue weighted by molar-refractivity contribution is 5.98. The van der Waals surface area contributed by atoms with E-state index in [9.17, 15) is 4.79 Å². The second-order valence-corrected chi connectivity index (χ2v) is 9.81. The average molecular weight is 522 g/mol. The Morgan fingerprint density at radius 2 is 1.38 bits per heavy atom. The van der Waals surface area contributed by atoms with Crippen molar-refractivity contribution < 1.29 is 28.5 Å². The van der Waals surface area contributed by atoms with E-state index >= 15 is 0 Å². The molecule has 4 aromatic rings. The highest BCUT2D eigenvalue weighted by Crippen LogP contribution is 2.47. The van der Waals surface area contributed by atoms with E-state index in [-0.39, 0.29) is 25.5 Å². The molecule has 3 heterocycles. The van der Waals surface area contributed by atoms with E-state index < -0.39 is 0 Å². The predicted octanol–water partition coefficient (Wildman–Crippen LogP) is 5.80. The SMILES string of the molecule is O=C1c2ccc3c(c2CC(c2ccc4c(c2COCc2ccccc2)OCO4)N1Cc1ccccc1)OCO3. The third-order valence-corrected chi connectivity index (χ3v) is 7.50. The molecule has 1 atom stereocenters. The lowest BCUT2D eigenvalue weighted by atomic mass is 9.86. The maximum Gasteiger partial charge on any atom is 0.255 e. The summed E-state index contributed by atoms with van der Waals surface area (Å²) in [5, 5.41) is 0. The van der Waals surface area contributed by atoms with Crippen LogP contribution in [0.4, 0.5) is 0 Å². The van der Waals surface area contributed by atoms with E-state index in [2.05, 4.69) is 0 Å². The Labute approximate surface area is 226 Å². The minimum Gasteiger partial charge on any atom is -0.454 e. The fourth-order valence-corrected chi connectivity index (χ4v) is 5.62. The van der Waals surface area contributed by atoms with Crippen molar-refractivity contribution in [1.82, 2.24) is 4.90 Å². The predicted molar refractivity (Wildman–Crippen MR) is 143 cm³/mol. The molecule has 0 N–H and O–H groups in total. The number of hydrogen-bond acceptors (Lipinski definition) is 6. The zero-order valence-corrected chi connectivity index (χ0v) is 21.3. The van der Waals surface area contributed by atoms with E-state index in [1.165, 1.54) is 0 Å². The van der Waals surface area contributed by atoms with E-state index in [1.54, 1.807) is 0 Å². The number of nitrogens with zero attached hydrogens (tertiary/aromatic N) is 1. The Hall–Kier alpha value is -4.49. The van der Waals surface area contributed by atoms with Crippen LogP contribution in [-0.4, -0.2) is 24.4 Å². The summed E-state index contributed by atoms with van der Waals surface area (Å²) in [5.41, 5.74) is 5.53. The van der Waals surface area contributed by atoms with Crippen molar-refractivity contribution >= 4 is 5.91 Å². The Kier molecular flexibility index (Phi) is 6.06. The first-order valence-electron chi connectivity index (χ1n) is 13.1. The summed E-state index contributed by atoms with van der Waals surface area (Å²) in [5.74, 6) is 2.65. The second kappa shape index (κ2) is 10.0. The fraction of sp³-hybridized carbons (Fsp3) is 0.219. The second-order valence-electron chi connectivity index (χ2n) is 9.81. The van der Waals surface area contributed by atoms with Gasteiger partial charge in [0.05, 0.1) is 19.3 Å². The molecule has 0 aromatic heterocycles. The van der Waals surface area contributed by atoms with Crippen LogP contribution < -0.4 is 18.9 Å². The summed E-state index contributed by atoms with van der Waals surface area (Å²) >= 11 is 0. The molecule has 0 spiro atoms. The number of fused-ring (bicyclic) bond motifs is 4. The summed E-state index contributed by atoms with van der Waals surface area (Å²) in [6.45, 7) is 1.56. The van der Waals surface area contributed by atoms with Crippen LogP contribution in [0.3, 0.4) is 0 Å². The van der Waals surface area contributed by atoms with Crippen LogP contribution in [0.2, 0.25) is 0 Å². The van der Waals surface area contributed by atoms with Crippen molar-refractivity contribution in [3.63, 3.8) is 0 Å². The normalized spacial score (nSPS) is 16.9. The molecule has 196 valence electrons. The molecule has 0 aliphatic carbocycles. The first-order chi connectivity index (χ1) is 19.3. The molecule has 3 aliphatic rings. The van der Waals surface area contributed by atoms with Gasteiger partial charge in [-0.1, -0.05) is 66.7 Å². The van der Waals surface area contributed by atoms with Gasteiger partial charge in [-0.25, -0.2) is 0 Å². The standard InChI is InChI=1S/C32H27NO6/c34-32-24-12-14-28-30(38-19-36-28)25(24)15-27(33(32)16-21-7-3-1-4-8-21)23-11-13-29-31(39-20-37-29)26(23)18-35-17-22-9-5-2-6-10-22/h1-14,27H,15-20H2. The van der Waals surface area contributed by atoms with Crippen LogP contribution in [-0.2, 0) is 30.9 Å². The number of carbonyl (C=O) groups excluding carboxylic acids is 1. The molecule has 0 bridgehead atoms. The minimum absolute atomic E-state index is 0.0442. The van der Waals surface area contributed by atoms with Crippen molar-refractivity contribution in [3.05, 3.63) is 118 Å². The molecule has 0 saturated heterocycles. The quantitative estimate of drug-likeness (QED) is 0.306. The molecule has 1 unspecified atom stereocenters. The molecule has 0 saturated carbocycles. The molecule has 4 aromatic carbocycles. The van der Waals surface area contributed by atoms with Gasteiger partial charge in [0.25, 0.3) is 5.91 Å². The van der Waals surface area contributed by atoms with Crippen molar-refractivity contribution in [3.8, 4) is 23.0 Å². The topological polar surface area (TPSA) is 66.5 Å². The highest BCUT2D eigenvalue weighted by atomic mass is 16.7. The molecule has 3 aliphatic heterocycles. The largest absolute Gasteiger partial charge is 0.454 e. The van der Waals surface area contributed by atoms with E-state index in [0.717, 1.165) is 27.8 Å². The van der Waals surface area contributed by atoms with Crippen molar-refractivity contribution in [2.45, 2.75) is 32.2 Å². The Bertz CT molecular complexity index is 1520. The first kappa shape index (κ1) is 23.6. The Morgan fingerprint density at radius 3 is 2.15 bits per heavy atom. The van der Waals surface area contributed by atoms with Gasteiger partial charge in [0.1, 0.15) is 0 Å². The summed E-state index contributed by atoms with van der Waals surface area (Å²) in [4.78, 5) is 16.0. The van der Waals surface area contributed by atoms with Gasteiger partial charge in [0.15, 0.2) is 23.0 Å². The molecule has 39 heavy (non-hydrogen) atoms. The number of carbonyl (C=O) groups is 1. The van der Waals surface area contributed by atoms with Crippen molar-refractivity contribution in [2.75, 3.05) is 13.6 Å². The molecule has 7 heteroatoms.